The number of hydrogen-bond acceptors (Lipinski definition) is 5. The highest BCUT2D eigenvalue weighted by Gasteiger charge is 2.36. The minimum atomic E-state index is -0.917. The average molecular weight is 537 g/mol. The van der Waals surface area contributed by atoms with E-state index in [4.69, 9.17) is 9.84 Å². The van der Waals surface area contributed by atoms with Gasteiger partial charge in [-0.2, -0.15) is 5.10 Å². The van der Waals surface area contributed by atoms with Gasteiger partial charge < -0.3 is 20.7 Å². The highest BCUT2D eigenvalue weighted by molar-refractivity contribution is 5.91. The molecule has 39 heavy (non-hydrogen) atoms. The highest BCUT2D eigenvalue weighted by atomic mass is 19.2. The second kappa shape index (κ2) is 12.1. The number of aromatic nitrogens is 2. The Kier molecular flexibility index (Phi) is 8.35. The predicted molar refractivity (Wildman–Crippen MR) is 147 cm³/mol. The normalized spacial score (nSPS) is 21.0. The van der Waals surface area contributed by atoms with Crippen LogP contribution in [0.4, 0.5) is 19.4 Å². The lowest BCUT2D eigenvalue weighted by molar-refractivity contribution is 0.184. The van der Waals surface area contributed by atoms with Gasteiger partial charge >= 0.3 is 6.03 Å². The number of nitrogens with zero attached hydrogens (tertiary/aromatic N) is 2. The summed E-state index contributed by atoms with van der Waals surface area (Å²) >= 11 is 0. The number of methoxy groups -OCH3 is 1. The number of carbonyl (C=O) groups excluding carboxylic acids is 1. The summed E-state index contributed by atoms with van der Waals surface area (Å²) in [4.78, 5) is 13.4. The molecule has 3 heterocycles. The molecule has 1 aromatic heterocycles. The summed E-state index contributed by atoms with van der Waals surface area (Å²) in [5.41, 5.74) is 4.28. The van der Waals surface area contributed by atoms with E-state index in [1.54, 1.807) is 17.9 Å². The zero-order chi connectivity index (χ0) is 27.4. The van der Waals surface area contributed by atoms with E-state index in [0.29, 0.717) is 24.4 Å². The van der Waals surface area contributed by atoms with Crippen LogP contribution in [-0.2, 0) is 4.74 Å². The van der Waals surface area contributed by atoms with Gasteiger partial charge in [0.1, 0.15) is 5.82 Å². The van der Waals surface area contributed by atoms with E-state index in [9.17, 15) is 13.6 Å². The van der Waals surface area contributed by atoms with E-state index in [1.807, 2.05) is 37.3 Å². The zero-order valence-electron chi connectivity index (χ0n) is 22.1. The van der Waals surface area contributed by atoms with Crippen LogP contribution in [0.2, 0.25) is 0 Å². The fourth-order valence-electron chi connectivity index (χ4n) is 5.37. The molecule has 0 saturated carbocycles. The third kappa shape index (κ3) is 6.03. The monoisotopic (exact) mass is 536 g/mol. The third-order valence-electron chi connectivity index (χ3n) is 7.37. The molecular weight excluding hydrogens is 502 g/mol. The van der Waals surface area contributed by atoms with Crippen LogP contribution in [0.5, 0.6) is 0 Å². The zero-order valence-corrected chi connectivity index (χ0v) is 22.1. The van der Waals surface area contributed by atoms with Crippen molar-refractivity contribution < 1.29 is 18.3 Å². The Balaban J connectivity index is 1.40. The molecule has 206 valence electrons. The van der Waals surface area contributed by atoms with Gasteiger partial charge in [-0.25, -0.2) is 18.3 Å². The number of benzene rings is 2. The van der Waals surface area contributed by atoms with Gasteiger partial charge in [0.05, 0.1) is 23.5 Å². The van der Waals surface area contributed by atoms with Crippen LogP contribution in [0.15, 0.2) is 54.6 Å². The number of amides is 2. The molecule has 2 aliphatic rings. The lowest BCUT2D eigenvalue weighted by Gasteiger charge is -2.22. The largest absolute Gasteiger partial charge is 0.385 e. The molecule has 0 bridgehead atoms. The van der Waals surface area contributed by atoms with Crippen molar-refractivity contribution in [2.75, 3.05) is 32.1 Å². The molecule has 4 N–H and O–H groups in total. The first-order valence-corrected chi connectivity index (χ1v) is 13.3. The van der Waals surface area contributed by atoms with E-state index in [2.05, 4.69) is 27.3 Å². The van der Waals surface area contributed by atoms with Crippen LogP contribution in [0.25, 0.3) is 11.3 Å². The maximum Gasteiger partial charge on any atom is 0.320 e. The van der Waals surface area contributed by atoms with Crippen LogP contribution in [0.1, 0.15) is 42.1 Å². The Morgan fingerprint density at radius 2 is 2.00 bits per heavy atom. The lowest BCUT2D eigenvalue weighted by Crippen LogP contribution is -2.41. The number of ether oxygens (including phenoxy) is 1. The Labute approximate surface area is 226 Å². The molecule has 1 saturated heterocycles. The number of nitrogens with one attached hydrogen (secondary N) is 4. The van der Waals surface area contributed by atoms with Crippen molar-refractivity contribution in [1.29, 1.82) is 0 Å². The second-order valence-corrected chi connectivity index (χ2v) is 9.99. The van der Waals surface area contributed by atoms with Gasteiger partial charge in [-0.15, -0.1) is 0 Å². The quantitative estimate of drug-likeness (QED) is 0.341. The maximum atomic E-state index is 14.1. The van der Waals surface area contributed by atoms with Gasteiger partial charge in [-0.05, 0) is 68.1 Å². The Morgan fingerprint density at radius 1 is 1.18 bits per heavy atom. The molecule has 1 fully saturated rings. The number of rotatable bonds is 8. The molecule has 2 amide bonds. The standard InChI is InChI=1S/C29H34F2N6O2/c1-18-26(19-10-13-32-14-11-19)36-37(22-6-4-3-5-7-22)28(18)35-29(38)34-25-17-21(12-15-39-2)33-27(25)20-8-9-23(30)24(31)16-20/h3-10,16,21,25,27,32-33H,11-15,17H2,1-2H3,(H2,34,35,38)/t21-,25-,27+/m1/s1. The minimum absolute atomic E-state index is 0.0448. The number of para-hydroxylation sites is 1. The smallest absolute Gasteiger partial charge is 0.320 e. The van der Waals surface area contributed by atoms with Gasteiger partial charge in [0.2, 0.25) is 0 Å². The van der Waals surface area contributed by atoms with Crippen molar-refractivity contribution >= 4 is 17.4 Å². The summed E-state index contributed by atoms with van der Waals surface area (Å²) in [6, 6.07) is 12.4. The van der Waals surface area contributed by atoms with Gasteiger partial charge in [0.25, 0.3) is 0 Å². The van der Waals surface area contributed by atoms with Crippen molar-refractivity contribution in [3.63, 3.8) is 0 Å². The van der Waals surface area contributed by atoms with Crippen molar-refractivity contribution in [2.24, 2.45) is 0 Å². The minimum Gasteiger partial charge on any atom is -0.385 e. The van der Waals surface area contributed by atoms with E-state index < -0.39 is 17.7 Å². The van der Waals surface area contributed by atoms with Crippen LogP contribution in [0.3, 0.4) is 0 Å². The fourth-order valence-corrected chi connectivity index (χ4v) is 5.37. The van der Waals surface area contributed by atoms with E-state index >= 15 is 0 Å². The molecule has 3 aromatic rings. The maximum absolute atomic E-state index is 14.1. The molecule has 2 aliphatic heterocycles. The van der Waals surface area contributed by atoms with Crippen LogP contribution < -0.4 is 21.3 Å². The van der Waals surface area contributed by atoms with E-state index in [-0.39, 0.29) is 18.1 Å². The lowest BCUT2D eigenvalue weighted by atomic mass is 9.99. The van der Waals surface area contributed by atoms with Crippen LogP contribution in [0, 0.1) is 18.6 Å². The van der Waals surface area contributed by atoms with Crippen molar-refractivity contribution in [3.8, 4) is 5.69 Å². The van der Waals surface area contributed by atoms with Crippen LogP contribution in [-0.4, -0.2) is 54.7 Å². The molecule has 5 rings (SSSR count). The number of anilines is 1. The number of urea groups is 1. The van der Waals surface area contributed by atoms with E-state index in [0.717, 1.165) is 54.5 Å². The summed E-state index contributed by atoms with van der Waals surface area (Å²) in [6.45, 7) is 4.16. The van der Waals surface area contributed by atoms with E-state index in [1.165, 1.54) is 6.07 Å². The number of halogens is 2. The Morgan fingerprint density at radius 3 is 2.72 bits per heavy atom. The number of hydrogen-bond donors (Lipinski definition) is 4. The van der Waals surface area contributed by atoms with Crippen molar-refractivity contribution in [3.05, 3.63) is 83.1 Å². The average Bonchev–Trinajstić information content (AvgIpc) is 3.50. The Hall–Kier alpha value is -3.60. The molecule has 0 spiro atoms. The summed E-state index contributed by atoms with van der Waals surface area (Å²) in [5, 5.41) is 17.8. The molecule has 0 radical (unpaired) electrons. The Bertz CT molecular complexity index is 1340. The molecule has 3 atom stereocenters. The highest BCUT2D eigenvalue weighted by Crippen LogP contribution is 2.32. The molecule has 10 heteroatoms. The predicted octanol–water partition coefficient (Wildman–Crippen LogP) is 4.47. The van der Waals surface area contributed by atoms with Gasteiger partial charge in [-0.3, -0.25) is 5.32 Å². The molecular formula is C29H34F2N6O2. The summed E-state index contributed by atoms with van der Waals surface area (Å²) < 4.78 is 34.7. The summed E-state index contributed by atoms with van der Waals surface area (Å²) in [5.74, 6) is -1.24. The first-order valence-electron chi connectivity index (χ1n) is 13.3. The first kappa shape index (κ1) is 27.0. The molecule has 0 unspecified atom stereocenters. The van der Waals surface area contributed by atoms with Crippen molar-refractivity contribution in [1.82, 2.24) is 25.7 Å². The van der Waals surface area contributed by atoms with Gasteiger partial charge in [0, 0.05) is 31.9 Å². The second-order valence-electron chi connectivity index (χ2n) is 9.99. The molecule has 2 aromatic carbocycles. The van der Waals surface area contributed by atoms with Gasteiger partial charge in [0.15, 0.2) is 11.6 Å². The summed E-state index contributed by atoms with van der Waals surface area (Å²) in [7, 11) is 1.64. The van der Waals surface area contributed by atoms with Crippen molar-refractivity contribution in [2.45, 2.75) is 44.3 Å². The number of carbonyl (C=O) groups is 1. The topological polar surface area (TPSA) is 92.2 Å². The third-order valence-corrected chi connectivity index (χ3v) is 7.37. The SMILES string of the molecule is COCC[C@@H]1C[C@@H](NC(=O)Nc2c(C)c(C3=CCNCC3)nn2-c2ccccc2)[C@H](c2ccc(F)c(F)c2)N1. The fraction of sp³-hybridized carbons (Fsp3) is 0.379. The summed E-state index contributed by atoms with van der Waals surface area (Å²) in [6.07, 6.45) is 4.33. The molecule has 0 aliphatic carbocycles. The molecule has 8 nitrogen and oxygen atoms in total. The first-order chi connectivity index (χ1) is 18.9. The van der Waals surface area contributed by atoms with Gasteiger partial charge in [-0.1, -0.05) is 30.3 Å². The van der Waals surface area contributed by atoms with Crippen LogP contribution >= 0.6 is 0 Å².